The van der Waals surface area contributed by atoms with Crippen LogP contribution >= 0.6 is 0 Å². The molecule has 2 nitrogen and oxygen atoms in total. The van der Waals surface area contributed by atoms with Crippen LogP contribution in [0.15, 0.2) is 291 Å². The highest BCUT2D eigenvalue weighted by Gasteiger charge is 2.43. The monoisotopic (exact) mass is 1130 g/mol. The zero-order valence-corrected chi connectivity index (χ0v) is 49.4. The van der Waals surface area contributed by atoms with Gasteiger partial charge in [-0.2, -0.15) is 0 Å². The van der Waals surface area contributed by atoms with Gasteiger partial charge in [0.15, 0.2) is 0 Å². The molecular weight excluding hydrogens is 1070 g/mol. The molecule has 0 spiro atoms. The van der Waals surface area contributed by atoms with Crippen molar-refractivity contribution >= 4 is 66.4 Å². The van der Waals surface area contributed by atoms with E-state index >= 15 is 8.78 Å². The SMILES string of the molecule is CC1(C)c2cc(N(c3ccccc3)c3ccc4ccccc4c3)ccc2-c2c1cc1c(-c3c(F)cccc3-c3ccccc3)c3c(cc1c2-c1cc(-c2ccccc2)ccc1F)C(C)(C)c1cc(N(c2ccccc2)c2ccc4ccccc4c2)ccc1-3. The Morgan fingerprint density at radius 3 is 1.19 bits per heavy atom. The summed E-state index contributed by atoms with van der Waals surface area (Å²) in [5.41, 5.74) is 19.4. The summed E-state index contributed by atoms with van der Waals surface area (Å²) in [6, 6.07) is 101. The molecule has 14 aromatic carbocycles. The van der Waals surface area contributed by atoms with Gasteiger partial charge in [-0.05, 0) is 202 Å². The first-order valence-electron chi connectivity index (χ1n) is 30.4. The third-order valence-electron chi connectivity index (χ3n) is 18.9. The van der Waals surface area contributed by atoms with Crippen LogP contribution in [-0.2, 0) is 10.8 Å². The molecule has 0 aromatic heterocycles. The molecule has 2 aliphatic rings. The van der Waals surface area contributed by atoms with Crippen LogP contribution in [0.4, 0.5) is 42.9 Å². The fourth-order valence-corrected chi connectivity index (χ4v) is 14.6. The quantitative estimate of drug-likeness (QED) is 0.135. The van der Waals surface area contributed by atoms with E-state index in [1.807, 2.05) is 54.6 Å². The van der Waals surface area contributed by atoms with E-state index in [4.69, 9.17) is 0 Å². The lowest BCUT2D eigenvalue weighted by Gasteiger charge is -2.29. The van der Waals surface area contributed by atoms with Gasteiger partial charge in [0.25, 0.3) is 0 Å². The molecule has 0 saturated heterocycles. The maximum atomic E-state index is 18.2. The second kappa shape index (κ2) is 20.5. The lowest BCUT2D eigenvalue weighted by Crippen LogP contribution is -2.17. The molecule has 14 aromatic rings. The van der Waals surface area contributed by atoms with E-state index < -0.39 is 10.8 Å². The average molecular weight is 1140 g/mol. The first-order valence-corrected chi connectivity index (χ1v) is 30.4. The van der Waals surface area contributed by atoms with Crippen molar-refractivity contribution in [2.75, 3.05) is 9.80 Å². The highest BCUT2D eigenvalue weighted by atomic mass is 19.1. The molecule has 0 aliphatic heterocycles. The number of hydrogen-bond acceptors (Lipinski definition) is 2. The number of rotatable bonds is 10. The van der Waals surface area contributed by atoms with Crippen LogP contribution in [0.5, 0.6) is 0 Å². The molecule has 16 rings (SSSR count). The summed E-state index contributed by atoms with van der Waals surface area (Å²) in [5, 5.41) is 6.37. The lowest BCUT2D eigenvalue weighted by molar-refractivity contribution is 0.631. The Morgan fingerprint density at radius 1 is 0.239 bits per heavy atom. The van der Waals surface area contributed by atoms with Crippen molar-refractivity contribution in [3.05, 3.63) is 325 Å². The molecule has 0 saturated carbocycles. The van der Waals surface area contributed by atoms with E-state index in [1.54, 1.807) is 12.1 Å². The van der Waals surface area contributed by atoms with Gasteiger partial charge in [0.1, 0.15) is 11.6 Å². The van der Waals surface area contributed by atoms with Gasteiger partial charge in [-0.15, -0.1) is 0 Å². The molecule has 4 heteroatoms. The number of benzene rings is 14. The van der Waals surface area contributed by atoms with Gasteiger partial charge < -0.3 is 9.80 Å². The number of anilines is 6. The van der Waals surface area contributed by atoms with Gasteiger partial charge in [0.05, 0.1) is 0 Å². The van der Waals surface area contributed by atoms with Crippen LogP contribution in [0.2, 0.25) is 0 Å². The molecule has 0 N–H and O–H groups in total. The normalized spacial score (nSPS) is 13.3. The maximum absolute atomic E-state index is 18.2. The smallest absolute Gasteiger partial charge is 0.131 e. The van der Waals surface area contributed by atoms with Crippen LogP contribution in [0.1, 0.15) is 49.9 Å². The summed E-state index contributed by atoms with van der Waals surface area (Å²) in [5.74, 6) is -0.657. The van der Waals surface area contributed by atoms with Crippen molar-refractivity contribution in [3.8, 4) is 66.8 Å². The Balaban J connectivity index is 0.996. The van der Waals surface area contributed by atoms with Crippen LogP contribution in [-0.4, -0.2) is 0 Å². The van der Waals surface area contributed by atoms with Crippen molar-refractivity contribution in [3.63, 3.8) is 0 Å². The standard InChI is InChI=1S/C84H60F2N2/c1-83(2)72-49-64(87(60-30-13-7-14-31-60)62-39-36-54-24-17-19-28-57(54)46-62)41-43-67(72)79-74(83)52-70-69(78(79)71-48-59(38-45-76(71)85)53-22-9-5-10-23-53)51-75-80(82(70)81-66(34-21-35-77(81)86)56-26-11-6-12-27-56)68-44-42-65(50-73(68)84(75,3)4)88(61-32-15-8-16-33-61)63-40-37-55-25-18-20-29-58(55)47-63/h5-52H,1-4H3. The summed E-state index contributed by atoms with van der Waals surface area (Å²) < 4.78 is 36.2. The number of fused-ring (bicyclic) bond motifs is 9. The summed E-state index contributed by atoms with van der Waals surface area (Å²) in [4.78, 5) is 4.68. The highest BCUT2D eigenvalue weighted by molar-refractivity contribution is 6.18. The van der Waals surface area contributed by atoms with Crippen molar-refractivity contribution < 1.29 is 8.78 Å². The van der Waals surface area contributed by atoms with E-state index in [2.05, 4.69) is 262 Å². The third kappa shape index (κ3) is 8.42. The Bertz CT molecular complexity index is 5110. The van der Waals surface area contributed by atoms with E-state index in [1.165, 1.54) is 10.8 Å². The number of nitrogens with zero attached hydrogens (tertiary/aromatic N) is 2. The van der Waals surface area contributed by atoms with Gasteiger partial charge in [0, 0.05) is 67.2 Å². The molecule has 0 radical (unpaired) electrons. The Morgan fingerprint density at radius 2 is 0.670 bits per heavy atom. The molecule has 420 valence electrons. The molecular formula is C84H60F2N2. The number of para-hydroxylation sites is 2. The molecule has 0 heterocycles. The highest BCUT2D eigenvalue weighted by Crippen LogP contribution is 2.62. The van der Waals surface area contributed by atoms with Crippen LogP contribution in [0, 0.1) is 11.6 Å². The second-order valence-electron chi connectivity index (χ2n) is 24.6. The van der Waals surface area contributed by atoms with Crippen LogP contribution in [0.25, 0.3) is 99.1 Å². The number of halogens is 2. The summed E-state index contributed by atoms with van der Waals surface area (Å²) in [6.45, 7) is 9.21. The first-order chi connectivity index (χ1) is 43.0. The fraction of sp³-hybridized carbons (Fsp3) is 0.0714. The topological polar surface area (TPSA) is 6.48 Å². The van der Waals surface area contributed by atoms with E-state index in [9.17, 15) is 0 Å². The van der Waals surface area contributed by atoms with Crippen molar-refractivity contribution in [2.45, 2.75) is 38.5 Å². The Kier molecular flexibility index (Phi) is 12.3. The molecule has 2 aliphatic carbocycles. The van der Waals surface area contributed by atoms with Crippen molar-refractivity contribution in [2.24, 2.45) is 0 Å². The molecule has 0 atom stereocenters. The second-order valence-corrected chi connectivity index (χ2v) is 24.6. The molecule has 0 amide bonds. The predicted octanol–water partition coefficient (Wildman–Crippen LogP) is 23.6. The lowest BCUT2D eigenvalue weighted by atomic mass is 9.75. The first kappa shape index (κ1) is 52.8. The predicted molar refractivity (Wildman–Crippen MR) is 365 cm³/mol. The van der Waals surface area contributed by atoms with E-state index in [0.29, 0.717) is 11.1 Å². The van der Waals surface area contributed by atoms with Crippen molar-refractivity contribution in [1.29, 1.82) is 0 Å². The van der Waals surface area contributed by atoms with Gasteiger partial charge in [-0.25, -0.2) is 8.78 Å². The summed E-state index contributed by atoms with van der Waals surface area (Å²) in [6.07, 6.45) is 0. The zero-order chi connectivity index (χ0) is 59.4. The maximum Gasteiger partial charge on any atom is 0.131 e. The molecule has 0 unspecified atom stereocenters. The Labute approximate surface area is 512 Å². The van der Waals surface area contributed by atoms with Gasteiger partial charge in [-0.3, -0.25) is 0 Å². The summed E-state index contributed by atoms with van der Waals surface area (Å²) in [7, 11) is 0. The fourth-order valence-electron chi connectivity index (χ4n) is 14.6. The third-order valence-corrected chi connectivity index (χ3v) is 18.9. The van der Waals surface area contributed by atoms with Crippen molar-refractivity contribution in [1.82, 2.24) is 0 Å². The van der Waals surface area contributed by atoms with E-state index in [-0.39, 0.29) is 11.6 Å². The van der Waals surface area contributed by atoms with Gasteiger partial charge >= 0.3 is 0 Å². The Hall–Kier alpha value is -10.7. The molecule has 0 bridgehead atoms. The minimum Gasteiger partial charge on any atom is -0.310 e. The average Bonchev–Trinajstić information content (AvgIpc) is 1.56. The molecule has 0 fully saturated rings. The minimum atomic E-state index is -0.635. The largest absolute Gasteiger partial charge is 0.310 e. The molecule has 88 heavy (non-hydrogen) atoms. The van der Waals surface area contributed by atoms with Crippen LogP contribution < -0.4 is 9.80 Å². The number of hydrogen-bond donors (Lipinski definition) is 0. The van der Waals surface area contributed by atoms with E-state index in [0.717, 1.165) is 134 Å². The van der Waals surface area contributed by atoms with Gasteiger partial charge in [0.2, 0.25) is 0 Å². The minimum absolute atomic E-state index is 0.327. The zero-order valence-electron chi connectivity index (χ0n) is 49.4. The summed E-state index contributed by atoms with van der Waals surface area (Å²) >= 11 is 0. The van der Waals surface area contributed by atoms with Gasteiger partial charge in [-0.1, -0.05) is 216 Å². The van der Waals surface area contributed by atoms with Crippen LogP contribution in [0.3, 0.4) is 0 Å².